The number of nitrogens with one attached hydrogen (secondary N) is 1. The molecule has 1 heterocycles. The molecule has 1 N–H and O–H groups in total. The van der Waals surface area contributed by atoms with Crippen molar-refractivity contribution in [2.45, 2.75) is 20.4 Å². The lowest BCUT2D eigenvalue weighted by Crippen LogP contribution is -2.29. The van der Waals surface area contributed by atoms with E-state index in [2.05, 4.69) is 26.3 Å². The lowest BCUT2D eigenvalue weighted by molar-refractivity contribution is -0.117. The van der Waals surface area contributed by atoms with Crippen LogP contribution in [0, 0.1) is 13.8 Å². The second kappa shape index (κ2) is 7.66. The summed E-state index contributed by atoms with van der Waals surface area (Å²) >= 11 is 3.39. The molecule has 0 fully saturated rings. The normalized spacial score (nSPS) is 10.6. The van der Waals surface area contributed by atoms with Crippen LogP contribution in [0.4, 0.5) is 5.69 Å². The Kier molecular flexibility index (Phi) is 5.32. The molecule has 0 atom stereocenters. The fraction of sp³-hybridized carbons (Fsp3) is 0.150. The fourth-order valence-electron chi connectivity index (χ4n) is 2.53. The van der Waals surface area contributed by atoms with Gasteiger partial charge in [-0.2, -0.15) is 5.10 Å². The van der Waals surface area contributed by atoms with Gasteiger partial charge in [0.2, 0.25) is 5.91 Å². The molecule has 6 heteroatoms. The van der Waals surface area contributed by atoms with E-state index in [1.807, 2.05) is 56.3 Å². The lowest BCUT2D eigenvalue weighted by atomic mass is 10.1. The molecule has 26 heavy (non-hydrogen) atoms. The third-order valence-electron chi connectivity index (χ3n) is 3.97. The summed E-state index contributed by atoms with van der Waals surface area (Å²) in [6.45, 7) is 3.74. The maximum atomic E-state index is 12.4. The van der Waals surface area contributed by atoms with Gasteiger partial charge in [-0.25, -0.2) is 4.68 Å². The molecule has 0 unspecified atom stereocenters. The van der Waals surface area contributed by atoms with Gasteiger partial charge in [0, 0.05) is 21.8 Å². The Hall–Kier alpha value is -2.73. The summed E-state index contributed by atoms with van der Waals surface area (Å²) in [7, 11) is 0. The van der Waals surface area contributed by atoms with Crippen molar-refractivity contribution >= 4 is 27.5 Å². The molecule has 0 aliphatic rings. The number of carbonyl (C=O) groups is 1. The van der Waals surface area contributed by atoms with Crippen LogP contribution in [0.1, 0.15) is 11.1 Å². The zero-order chi connectivity index (χ0) is 18.7. The minimum atomic E-state index is -0.318. The van der Waals surface area contributed by atoms with Crippen molar-refractivity contribution in [2.75, 3.05) is 5.32 Å². The molecule has 3 aromatic rings. The molecule has 0 spiro atoms. The van der Waals surface area contributed by atoms with Crippen molar-refractivity contribution in [3.8, 4) is 11.3 Å². The number of aryl methyl sites for hydroxylation is 2. The first kappa shape index (κ1) is 18.1. The molecule has 0 aliphatic carbocycles. The number of nitrogens with zero attached hydrogens (tertiary/aromatic N) is 2. The maximum Gasteiger partial charge on any atom is 0.267 e. The van der Waals surface area contributed by atoms with Crippen LogP contribution in [0.2, 0.25) is 0 Å². The first-order valence-corrected chi connectivity index (χ1v) is 8.93. The highest BCUT2D eigenvalue weighted by Gasteiger charge is 2.10. The first-order valence-electron chi connectivity index (χ1n) is 8.13. The van der Waals surface area contributed by atoms with Crippen molar-refractivity contribution in [1.29, 1.82) is 0 Å². The molecular formula is C20H18BrN3O2. The monoisotopic (exact) mass is 411 g/mol. The number of rotatable bonds is 4. The van der Waals surface area contributed by atoms with Crippen molar-refractivity contribution < 1.29 is 4.79 Å². The molecule has 0 saturated heterocycles. The van der Waals surface area contributed by atoms with E-state index in [0.717, 1.165) is 26.9 Å². The summed E-state index contributed by atoms with van der Waals surface area (Å²) in [5.74, 6) is -0.291. The summed E-state index contributed by atoms with van der Waals surface area (Å²) in [5, 5.41) is 7.17. The van der Waals surface area contributed by atoms with E-state index < -0.39 is 0 Å². The van der Waals surface area contributed by atoms with Crippen molar-refractivity contribution in [2.24, 2.45) is 0 Å². The largest absolute Gasteiger partial charge is 0.324 e. The SMILES string of the molecule is Cc1ccc(C)c(NC(=O)Cn2nc(-c3ccc(Br)cc3)ccc2=O)c1. The first-order chi connectivity index (χ1) is 12.4. The van der Waals surface area contributed by atoms with Crippen molar-refractivity contribution in [3.63, 3.8) is 0 Å². The van der Waals surface area contributed by atoms with Gasteiger partial charge in [-0.3, -0.25) is 9.59 Å². The third-order valence-corrected chi connectivity index (χ3v) is 4.50. The molecule has 2 aromatic carbocycles. The zero-order valence-electron chi connectivity index (χ0n) is 14.5. The smallest absolute Gasteiger partial charge is 0.267 e. The molecule has 3 rings (SSSR count). The summed E-state index contributed by atoms with van der Waals surface area (Å²) < 4.78 is 2.14. The Morgan fingerprint density at radius 2 is 1.81 bits per heavy atom. The van der Waals surface area contributed by atoms with Crippen LogP contribution in [0.25, 0.3) is 11.3 Å². The molecular weight excluding hydrogens is 394 g/mol. The third kappa shape index (κ3) is 4.26. The quantitative estimate of drug-likeness (QED) is 0.707. The number of carbonyl (C=O) groups excluding carboxylic acids is 1. The second-order valence-electron chi connectivity index (χ2n) is 6.09. The highest BCUT2D eigenvalue weighted by atomic mass is 79.9. The molecule has 1 aromatic heterocycles. The number of anilines is 1. The minimum Gasteiger partial charge on any atom is -0.324 e. The number of benzene rings is 2. The van der Waals surface area contributed by atoms with Crippen LogP contribution in [-0.4, -0.2) is 15.7 Å². The summed E-state index contributed by atoms with van der Waals surface area (Å²) in [4.78, 5) is 24.5. The summed E-state index contributed by atoms with van der Waals surface area (Å²) in [6.07, 6.45) is 0. The summed E-state index contributed by atoms with van der Waals surface area (Å²) in [6, 6.07) is 16.5. The average molecular weight is 412 g/mol. The van der Waals surface area contributed by atoms with Crippen LogP contribution in [-0.2, 0) is 11.3 Å². The van der Waals surface area contributed by atoms with Gasteiger partial charge in [-0.05, 0) is 49.2 Å². The zero-order valence-corrected chi connectivity index (χ0v) is 16.1. The maximum absolute atomic E-state index is 12.4. The highest BCUT2D eigenvalue weighted by molar-refractivity contribution is 9.10. The van der Waals surface area contributed by atoms with Gasteiger partial charge < -0.3 is 5.32 Å². The number of amides is 1. The Bertz CT molecular complexity index is 1010. The van der Waals surface area contributed by atoms with Crippen LogP contribution in [0.5, 0.6) is 0 Å². The Labute approximate surface area is 159 Å². The molecule has 0 bridgehead atoms. The van der Waals surface area contributed by atoms with Gasteiger partial charge in [-0.1, -0.05) is 40.2 Å². The predicted octanol–water partition coefficient (Wildman–Crippen LogP) is 3.93. The second-order valence-corrected chi connectivity index (χ2v) is 7.00. The number of hydrogen-bond donors (Lipinski definition) is 1. The van der Waals surface area contributed by atoms with E-state index in [1.54, 1.807) is 6.07 Å². The number of halogens is 1. The molecule has 0 saturated carbocycles. The lowest BCUT2D eigenvalue weighted by Gasteiger charge is -2.11. The van der Waals surface area contributed by atoms with Gasteiger partial charge in [0.25, 0.3) is 5.56 Å². The Morgan fingerprint density at radius 3 is 2.54 bits per heavy atom. The standard InChI is InChI=1S/C20H18BrN3O2/c1-13-3-4-14(2)18(11-13)22-19(25)12-24-20(26)10-9-17(23-24)15-5-7-16(21)8-6-15/h3-11H,12H2,1-2H3,(H,22,25). The van der Waals surface area contributed by atoms with E-state index in [4.69, 9.17) is 0 Å². The van der Waals surface area contributed by atoms with E-state index in [-0.39, 0.29) is 18.0 Å². The molecule has 132 valence electrons. The van der Waals surface area contributed by atoms with Crippen molar-refractivity contribution in [3.05, 3.63) is 80.6 Å². The van der Waals surface area contributed by atoms with Crippen LogP contribution in [0.3, 0.4) is 0 Å². The van der Waals surface area contributed by atoms with Crippen LogP contribution >= 0.6 is 15.9 Å². The molecule has 0 aliphatic heterocycles. The Balaban J connectivity index is 1.81. The number of aromatic nitrogens is 2. The van der Waals surface area contributed by atoms with Gasteiger partial charge in [0.1, 0.15) is 6.54 Å². The van der Waals surface area contributed by atoms with E-state index >= 15 is 0 Å². The average Bonchev–Trinajstić information content (AvgIpc) is 2.61. The van der Waals surface area contributed by atoms with Crippen LogP contribution in [0.15, 0.2) is 63.9 Å². The van der Waals surface area contributed by atoms with Gasteiger partial charge in [0.15, 0.2) is 0 Å². The summed E-state index contributed by atoms with van der Waals surface area (Å²) in [5.41, 5.74) is 3.95. The fourth-order valence-corrected chi connectivity index (χ4v) is 2.80. The van der Waals surface area contributed by atoms with E-state index in [1.165, 1.54) is 10.7 Å². The van der Waals surface area contributed by atoms with Gasteiger partial charge in [0.05, 0.1) is 5.69 Å². The van der Waals surface area contributed by atoms with Crippen molar-refractivity contribution in [1.82, 2.24) is 9.78 Å². The Morgan fingerprint density at radius 1 is 1.08 bits per heavy atom. The van der Waals surface area contributed by atoms with Gasteiger partial charge in [-0.15, -0.1) is 0 Å². The van der Waals surface area contributed by atoms with Gasteiger partial charge >= 0.3 is 0 Å². The molecule has 0 radical (unpaired) electrons. The topological polar surface area (TPSA) is 64.0 Å². The van der Waals surface area contributed by atoms with E-state index in [0.29, 0.717) is 5.69 Å². The number of hydrogen-bond acceptors (Lipinski definition) is 3. The molecule has 1 amide bonds. The highest BCUT2D eigenvalue weighted by Crippen LogP contribution is 2.19. The molecule has 5 nitrogen and oxygen atoms in total. The van der Waals surface area contributed by atoms with E-state index in [9.17, 15) is 9.59 Å². The minimum absolute atomic E-state index is 0.142. The predicted molar refractivity (Wildman–Crippen MR) is 106 cm³/mol. The van der Waals surface area contributed by atoms with Crippen LogP contribution < -0.4 is 10.9 Å².